The molecule has 0 bridgehead atoms. The van der Waals surface area contributed by atoms with E-state index in [1.165, 1.54) is 0 Å². The van der Waals surface area contributed by atoms with E-state index in [2.05, 4.69) is 10.5 Å². The Morgan fingerprint density at radius 2 is 2.12 bits per heavy atom. The van der Waals surface area contributed by atoms with E-state index < -0.39 is 0 Å². The van der Waals surface area contributed by atoms with Crippen LogP contribution < -0.4 is 5.32 Å². The quantitative estimate of drug-likeness (QED) is 0.865. The Hall–Kier alpha value is -1.84. The molecule has 1 heterocycles. The van der Waals surface area contributed by atoms with Crippen molar-refractivity contribution < 1.29 is 9.63 Å². The molecule has 17 heavy (non-hydrogen) atoms. The Morgan fingerprint density at radius 3 is 2.71 bits per heavy atom. The van der Waals surface area contributed by atoms with Gasteiger partial charge in [0.1, 0.15) is 6.10 Å². The smallest absolute Gasteiger partial charge is 0.251 e. The van der Waals surface area contributed by atoms with E-state index in [1.807, 2.05) is 38.1 Å². The monoisotopic (exact) mass is 232 g/mol. The third kappa shape index (κ3) is 3.06. The molecule has 0 aliphatic carbocycles. The molecule has 0 saturated carbocycles. The zero-order valence-electron chi connectivity index (χ0n) is 10.1. The predicted molar refractivity (Wildman–Crippen MR) is 66.1 cm³/mol. The van der Waals surface area contributed by atoms with Crippen molar-refractivity contribution in [2.45, 2.75) is 26.4 Å². The fraction of sp³-hybridized carbons (Fsp3) is 0.385. The largest absolute Gasteiger partial charge is 0.390 e. The molecule has 1 unspecified atom stereocenters. The molecule has 4 heteroatoms. The zero-order valence-corrected chi connectivity index (χ0v) is 10.1. The maximum absolute atomic E-state index is 11.8. The lowest BCUT2D eigenvalue weighted by Gasteiger charge is -2.09. The summed E-state index contributed by atoms with van der Waals surface area (Å²) in [4.78, 5) is 16.9. The van der Waals surface area contributed by atoms with Gasteiger partial charge in [-0.05, 0) is 26.0 Å². The number of aryl methyl sites for hydroxylation is 1. The van der Waals surface area contributed by atoms with E-state index in [0.29, 0.717) is 12.1 Å². The SMILES string of the molecule is CC1=NOC(CNC(=O)c2ccc(C)cc2)C1. The molecule has 0 aromatic heterocycles. The van der Waals surface area contributed by atoms with Gasteiger partial charge in [-0.25, -0.2) is 0 Å². The molecule has 1 N–H and O–H groups in total. The van der Waals surface area contributed by atoms with Crippen molar-refractivity contribution in [2.75, 3.05) is 6.54 Å². The molecule has 2 rings (SSSR count). The van der Waals surface area contributed by atoms with Gasteiger partial charge in [-0.3, -0.25) is 4.79 Å². The molecule has 1 aromatic carbocycles. The van der Waals surface area contributed by atoms with E-state index >= 15 is 0 Å². The second kappa shape index (κ2) is 4.99. The maximum atomic E-state index is 11.8. The van der Waals surface area contributed by atoms with Crippen molar-refractivity contribution >= 4 is 11.6 Å². The van der Waals surface area contributed by atoms with Crippen molar-refractivity contribution in [1.29, 1.82) is 0 Å². The molecule has 4 nitrogen and oxygen atoms in total. The van der Waals surface area contributed by atoms with Crippen LogP contribution >= 0.6 is 0 Å². The van der Waals surface area contributed by atoms with Crippen molar-refractivity contribution in [1.82, 2.24) is 5.32 Å². The highest BCUT2D eigenvalue weighted by Gasteiger charge is 2.18. The lowest BCUT2D eigenvalue weighted by Crippen LogP contribution is -2.32. The number of hydrogen-bond donors (Lipinski definition) is 1. The summed E-state index contributed by atoms with van der Waals surface area (Å²) in [5.41, 5.74) is 2.79. The lowest BCUT2D eigenvalue weighted by molar-refractivity contribution is 0.0753. The number of nitrogens with zero attached hydrogens (tertiary/aromatic N) is 1. The Bertz CT molecular complexity index is 437. The first-order chi connectivity index (χ1) is 8.15. The summed E-state index contributed by atoms with van der Waals surface area (Å²) in [5.74, 6) is -0.0712. The van der Waals surface area contributed by atoms with Crippen LogP contribution in [0.5, 0.6) is 0 Å². The number of carbonyl (C=O) groups is 1. The van der Waals surface area contributed by atoms with E-state index in [9.17, 15) is 4.79 Å². The molecule has 1 aromatic rings. The number of benzene rings is 1. The summed E-state index contributed by atoms with van der Waals surface area (Å²) >= 11 is 0. The second-order valence-electron chi connectivity index (χ2n) is 4.33. The fourth-order valence-corrected chi connectivity index (χ4v) is 1.69. The molecule has 1 atom stereocenters. The number of rotatable bonds is 3. The minimum atomic E-state index is -0.0712. The molecule has 1 aliphatic heterocycles. The summed E-state index contributed by atoms with van der Waals surface area (Å²) in [5, 5.41) is 6.69. The molecule has 0 saturated heterocycles. The van der Waals surface area contributed by atoms with Crippen molar-refractivity contribution in [3.8, 4) is 0 Å². The van der Waals surface area contributed by atoms with Gasteiger partial charge in [0.25, 0.3) is 5.91 Å². The van der Waals surface area contributed by atoms with E-state index in [4.69, 9.17) is 4.84 Å². The van der Waals surface area contributed by atoms with Crippen LogP contribution in [-0.4, -0.2) is 24.3 Å². The van der Waals surface area contributed by atoms with Crippen LogP contribution in [0.2, 0.25) is 0 Å². The van der Waals surface area contributed by atoms with Gasteiger partial charge in [0.15, 0.2) is 0 Å². The van der Waals surface area contributed by atoms with Gasteiger partial charge in [0.05, 0.1) is 12.3 Å². The van der Waals surface area contributed by atoms with Crippen LogP contribution in [0.15, 0.2) is 29.4 Å². The Kier molecular flexibility index (Phi) is 3.42. The standard InChI is InChI=1S/C13H16N2O2/c1-9-3-5-11(6-4-9)13(16)14-8-12-7-10(2)15-17-12/h3-6,12H,7-8H2,1-2H3,(H,14,16). The molecule has 1 aliphatic rings. The van der Waals surface area contributed by atoms with Crippen LogP contribution in [0, 0.1) is 6.92 Å². The summed E-state index contributed by atoms with van der Waals surface area (Å²) < 4.78 is 0. The molecule has 0 fully saturated rings. The third-order valence-electron chi connectivity index (χ3n) is 2.68. The van der Waals surface area contributed by atoms with E-state index in [-0.39, 0.29) is 12.0 Å². The molecule has 0 spiro atoms. The average Bonchev–Trinajstić information content (AvgIpc) is 2.73. The lowest BCUT2D eigenvalue weighted by atomic mass is 10.1. The predicted octanol–water partition coefficient (Wildman–Crippen LogP) is 1.89. The first kappa shape index (κ1) is 11.6. The number of hydrogen-bond acceptors (Lipinski definition) is 3. The van der Waals surface area contributed by atoms with Crippen LogP contribution in [0.25, 0.3) is 0 Å². The minimum Gasteiger partial charge on any atom is -0.390 e. The van der Waals surface area contributed by atoms with Crippen LogP contribution in [0.4, 0.5) is 0 Å². The number of amides is 1. The normalized spacial score (nSPS) is 18.5. The average molecular weight is 232 g/mol. The first-order valence-corrected chi connectivity index (χ1v) is 5.69. The summed E-state index contributed by atoms with van der Waals surface area (Å²) in [6, 6.07) is 7.49. The summed E-state index contributed by atoms with van der Waals surface area (Å²) in [6.45, 7) is 4.41. The second-order valence-corrected chi connectivity index (χ2v) is 4.33. The van der Waals surface area contributed by atoms with E-state index in [1.54, 1.807) is 0 Å². The first-order valence-electron chi connectivity index (χ1n) is 5.69. The van der Waals surface area contributed by atoms with Crippen LogP contribution in [0.1, 0.15) is 29.3 Å². The number of carbonyl (C=O) groups excluding carboxylic acids is 1. The zero-order chi connectivity index (χ0) is 12.3. The number of nitrogens with one attached hydrogen (secondary N) is 1. The van der Waals surface area contributed by atoms with E-state index in [0.717, 1.165) is 17.7 Å². The van der Waals surface area contributed by atoms with Gasteiger partial charge in [-0.2, -0.15) is 0 Å². The highest BCUT2D eigenvalue weighted by Crippen LogP contribution is 2.09. The van der Waals surface area contributed by atoms with Crippen molar-refractivity contribution in [3.05, 3.63) is 35.4 Å². The number of oxime groups is 1. The maximum Gasteiger partial charge on any atom is 0.251 e. The third-order valence-corrected chi connectivity index (χ3v) is 2.68. The van der Waals surface area contributed by atoms with Gasteiger partial charge in [-0.15, -0.1) is 0 Å². The highest BCUT2D eigenvalue weighted by atomic mass is 16.6. The molecule has 90 valence electrons. The van der Waals surface area contributed by atoms with Gasteiger partial charge in [0, 0.05) is 12.0 Å². The Balaban J connectivity index is 1.83. The fourth-order valence-electron chi connectivity index (χ4n) is 1.69. The summed E-state index contributed by atoms with van der Waals surface area (Å²) in [7, 11) is 0. The minimum absolute atomic E-state index is 0.0237. The van der Waals surface area contributed by atoms with Crippen molar-refractivity contribution in [3.63, 3.8) is 0 Å². The molecular formula is C13H16N2O2. The van der Waals surface area contributed by atoms with Crippen molar-refractivity contribution in [2.24, 2.45) is 5.16 Å². The van der Waals surface area contributed by atoms with Gasteiger partial charge >= 0.3 is 0 Å². The van der Waals surface area contributed by atoms with Crippen LogP contribution in [0.3, 0.4) is 0 Å². The van der Waals surface area contributed by atoms with Gasteiger partial charge < -0.3 is 10.2 Å². The Labute approximate surface area is 101 Å². The van der Waals surface area contributed by atoms with Crippen LogP contribution in [-0.2, 0) is 4.84 Å². The molecule has 0 radical (unpaired) electrons. The summed E-state index contributed by atoms with van der Waals surface area (Å²) in [6.07, 6.45) is 0.762. The Morgan fingerprint density at radius 1 is 1.41 bits per heavy atom. The van der Waals surface area contributed by atoms with Gasteiger partial charge in [-0.1, -0.05) is 22.9 Å². The topological polar surface area (TPSA) is 50.7 Å². The molecule has 1 amide bonds. The molecular weight excluding hydrogens is 216 g/mol. The highest BCUT2D eigenvalue weighted by molar-refractivity contribution is 5.94. The van der Waals surface area contributed by atoms with Gasteiger partial charge in [0.2, 0.25) is 0 Å².